The largest absolute Gasteiger partial charge is 0.508 e. The van der Waals surface area contributed by atoms with Crippen LogP contribution in [0.25, 0.3) is 0 Å². The van der Waals surface area contributed by atoms with E-state index in [4.69, 9.17) is 4.74 Å². The molecule has 1 rings (SSSR count). The van der Waals surface area contributed by atoms with Gasteiger partial charge in [0.15, 0.2) is 5.96 Å². The van der Waals surface area contributed by atoms with E-state index in [0.717, 1.165) is 0 Å². The lowest BCUT2D eigenvalue weighted by atomic mass is 10.2. The number of phenols is 1. The molecule has 0 fully saturated rings. The Morgan fingerprint density at radius 1 is 1.36 bits per heavy atom. The van der Waals surface area contributed by atoms with Gasteiger partial charge >= 0.3 is 0 Å². The van der Waals surface area contributed by atoms with Crippen molar-refractivity contribution in [1.82, 2.24) is 15.5 Å². The van der Waals surface area contributed by atoms with Crippen molar-refractivity contribution in [1.29, 1.82) is 0 Å². The number of carbonyl (C=O) groups is 1. The minimum absolute atomic E-state index is 0.0465. The second kappa shape index (κ2) is 8.76. The van der Waals surface area contributed by atoms with Crippen molar-refractivity contribution in [3.05, 3.63) is 23.8 Å². The molecular formula is C15H24N4O3. The number of aliphatic imine (C=N–C) groups is 1. The summed E-state index contributed by atoms with van der Waals surface area (Å²) in [5.74, 6) is 1.28. The average molecular weight is 308 g/mol. The lowest BCUT2D eigenvalue weighted by Gasteiger charge is -2.14. The number of hydrogen-bond donors (Lipinski definition) is 3. The zero-order valence-electron chi connectivity index (χ0n) is 13.5. The zero-order chi connectivity index (χ0) is 16.5. The van der Waals surface area contributed by atoms with Gasteiger partial charge in [0.1, 0.15) is 11.5 Å². The number of likely N-dealkylation sites (N-methyl/N-ethyl adjacent to an activating group) is 1. The summed E-state index contributed by atoms with van der Waals surface area (Å²) < 4.78 is 5.13. The maximum Gasteiger partial charge on any atom is 0.241 e. The Kier molecular flexibility index (Phi) is 7.01. The molecule has 0 saturated carbocycles. The number of rotatable bonds is 6. The van der Waals surface area contributed by atoms with Gasteiger partial charge < -0.3 is 25.4 Å². The second-order valence-corrected chi connectivity index (χ2v) is 4.83. The van der Waals surface area contributed by atoms with Crippen LogP contribution in [-0.2, 0) is 11.3 Å². The maximum atomic E-state index is 11.6. The van der Waals surface area contributed by atoms with E-state index in [9.17, 15) is 9.90 Å². The quantitative estimate of drug-likeness (QED) is 0.528. The number of aromatic hydroxyl groups is 1. The molecule has 0 aliphatic heterocycles. The molecule has 22 heavy (non-hydrogen) atoms. The number of ether oxygens (including phenoxy) is 1. The number of guanidine groups is 1. The van der Waals surface area contributed by atoms with Gasteiger partial charge in [0.2, 0.25) is 5.91 Å². The molecule has 7 heteroatoms. The van der Waals surface area contributed by atoms with E-state index in [0.29, 0.717) is 23.8 Å². The van der Waals surface area contributed by atoms with Gasteiger partial charge in [0.25, 0.3) is 0 Å². The molecule has 0 aromatic heterocycles. The molecule has 1 aromatic rings. The van der Waals surface area contributed by atoms with Crippen molar-refractivity contribution in [2.75, 3.05) is 34.3 Å². The highest BCUT2D eigenvalue weighted by Gasteiger charge is 2.07. The predicted octanol–water partition coefficient (Wildman–Crippen LogP) is 0.544. The van der Waals surface area contributed by atoms with Crippen molar-refractivity contribution in [3.8, 4) is 11.5 Å². The standard InChI is InChI=1S/C15H24N4O3/c1-5-16-15(18-10-14(21)19(2)3)17-9-11-8-12(22-4)6-7-13(11)20/h6-8,20H,5,9-10H2,1-4H3,(H2,16,17,18). The minimum Gasteiger partial charge on any atom is -0.508 e. The number of nitrogens with one attached hydrogen (secondary N) is 2. The molecule has 0 aliphatic rings. The van der Waals surface area contributed by atoms with Crippen LogP contribution in [0, 0.1) is 0 Å². The molecule has 1 amide bonds. The highest BCUT2D eigenvalue weighted by atomic mass is 16.5. The lowest BCUT2D eigenvalue weighted by Crippen LogP contribution is -2.42. The smallest absolute Gasteiger partial charge is 0.241 e. The Balaban J connectivity index is 2.75. The van der Waals surface area contributed by atoms with Gasteiger partial charge in [0.05, 0.1) is 20.2 Å². The molecule has 0 radical (unpaired) electrons. The third kappa shape index (κ3) is 5.51. The number of methoxy groups -OCH3 is 1. The number of benzene rings is 1. The Morgan fingerprint density at radius 3 is 2.68 bits per heavy atom. The molecule has 0 heterocycles. The molecule has 0 unspecified atom stereocenters. The summed E-state index contributed by atoms with van der Waals surface area (Å²) in [5.41, 5.74) is 0.649. The van der Waals surface area contributed by atoms with Crippen molar-refractivity contribution < 1.29 is 14.6 Å². The zero-order valence-corrected chi connectivity index (χ0v) is 13.5. The molecule has 7 nitrogen and oxygen atoms in total. The normalized spacial score (nSPS) is 11.0. The van der Waals surface area contributed by atoms with Gasteiger partial charge in [-0.05, 0) is 25.1 Å². The van der Waals surface area contributed by atoms with Gasteiger partial charge in [-0.2, -0.15) is 0 Å². The monoisotopic (exact) mass is 308 g/mol. The summed E-state index contributed by atoms with van der Waals surface area (Å²) in [6.45, 7) is 3.04. The first kappa shape index (κ1) is 17.6. The van der Waals surface area contributed by atoms with Crippen LogP contribution >= 0.6 is 0 Å². The summed E-state index contributed by atoms with van der Waals surface area (Å²) in [4.78, 5) is 17.5. The molecule has 3 N–H and O–H groups in total. The fraction of sp³-hybridized carbons (Fsp3) is 0.467. The van der Waals surface area contributed by atoms with Crippen molar-refractivity contribution in [3.63, 3.8) is 0 Å². The molecule has 122 valence electrons. The molecular weight excluding hydrogens is 284 g/mol. The Bertz CT molecular complexity index is 530. The number of amides is 1. The van der Waals surface area contributed by atoms with Crippen LogP contribution in [0.1, 0.15) is 12.5 Å². The fourth-order valence-electron chi connectivity index (χ4n) is 1.64. The first-order chi connectivity index (χ1) is 10.5. The van der Waals surface area contributed by atoms with E-state index in [1.54, 1.807) is 39.4 Å². The Hall–Kier alpha value is -2.44. The maximum absolute atomic E-state index is 11.6. The van der Waals surface area contributed by atoms with Crippen molar-refractivity contribution in [2.45, 2.75) is 13.5 Å². The Labute approximate surface area is 131 Å². The summed E-state index contributed by atoms with van der Waals surface area (Å²) >= 11 is 0. The van der Waals surface area contributed by atoms with Crippen molar-refractivity contribution >= 4 is 11.9 Å². The minimum atomic E-state index is -0.0465. The number of hydrogen-bond acceptors (Lipinski definition) is 4. The summed E-state index contributed by atoms with van der Waals surface area (Å²) in [6, 6.07) is 4.98. The number of nitrogens with zero attached hydrogens (tertiary/aromatic N) is 2. The van der Waals surface area contributed by atoms with E-state index in [1.165, 1.54) is 4.90 Å². The number of carbonyl (C=O) groups excluding carboxylic acids is 1. The molecule has 0 bridgehead atoms. The van der Waals surface area contributed by atoms with E-state index >= 15 is 0 Å². The summed E-state index contributed by atoms with van der Waals surface area (Å²) in [6.07, 6.45) is 0. The molecule has 0 spiro atoms. The van der Waals surface area contributed by atoms with E-state index < -0.39 is 0 Å². The van der Waals surface area contributed by atoms with Crippen LogP contribution in [0.15, 0.2) is 23.2 Å². The van der Waals surface area contributed by atoms with Crippen LogP contribution in [0.3, 0.4) is 0 Å². The van der Waals surface area contributed by atoms with Crippen LogP contribution in [-0.4, -0.2) is 56.2 Å². The SMILES string of the molecule is CCNC(=NCc1cc(OC)ccc1O)NCC(=O)N(C)C. The van der Waals surface area contributed by atoms with Crippen LogP contribution in [0.2, 0.25) is 0 Å². The third-order valence-electron chi connectivity index (χ3n) is 2.94. The van der Waals surface area contributed by atoms with Gasteiger partial charge in [-0.3, -0.25) is 4.79 Å². The average Bonchev–Trinajstić information content (AvgIpc) is 2.50. The fourth-order valence-corrected chi connectivity index (χ4v) is 1.64. The van der Waals surface area contributed by atoms with E-state index in [-0.39, 0.29) is 24.7 Å². The van der Waals surface area contributed by atoms with E-state index in [2.05, 4.69) is 15.6 Å². The predicted molar refractivity (Wildman–Crippen MR) is 86.2 cm³/mol. The summed E-state index contributed by atoms with van der Waals surface area (Å²) in [7, 11) is 4.96. The molecule has 1 aromatic carbocycles. The first-order valence-electron chi connectivity index (χ1n) is 7.06. The molecule has 0 aliphatic carbocycles. The highest BCUT2D eigenvalue weighted by Crippen LogP contribution is 2.23. The molecule has 0 saturated heterocycles. The van der Waals surface area contributed by atoms with Crippen LogP contribution in [0.4, 0.5) is 0 Å². The topological polar surface area (TPSA) is 86.2 Å². The van der Waals surface area contributed by atoms with Gasteiger partial charge in [-0.15, -0.1) is 0 Å². The number of phenolic OH excluding ortho intramolecular Hbond substituents is 1. The van der Waals surface area contributed by atoms with Gasteiger partial charge in [-0.1, -0.05) is 0 Å². The highest BCUT2D eigenvalue weighted by molar-refractivity contribution is 5.86. The van der Waals surface area contributed by atoms with Gasteiger partial charge in [-0.25, -0.2) is 4.99 Å². The van der Waals surface area contributed by atoms with Crippen LogP contribution in [0.5, 0.6) is 11.5 Å². The molecule has 0 atom stereocenters. The lowest BCUT2D eigenvalue weighted by molar-refractivity contribution is -0.127. The summed E-state index contributed by atoms with van der Waals surface area (Å²) in [5, 5.41) is 15.8. The van der Waals surface area contributed by atoms with E-state index in [1.807, 2.05) is 6.92 Å². The third-order valence-corrected chi connectivity index (χ3v) is 2.94. The second-order valence-electron chi connectivity index (χ2n) is 4.83. The first-order valence-corrected chi connectivity index (χ1v) is 7.06. The Morgan fingerprint density at radius 2 is 2.09 bits per heavy atom. The van der Waals surface area contributed by atoms with Gasteiger partial charge in [0, 0.05) is 26.2 Å². The van der Waals surface area contributed by atoms with Crippen LogP contribution < -0.4 is 15.4 Å². The van der Waals surface area contributed by atoms with Crippen molar-refractivity contribution in [2.24, 2.45) is 4.99 Å².